The summed E-state index contributed by atoms with van der Waals surface area (Å²) in [6.07, 6.45) is 4.93. The zero-order valence-corrected chi connectivity index (χ0v) is 14.6. The van der Waals surface area contributed by atoms with E-state index in [0.717, 1.165) is 24.5 Å². The minimum Gasteiger partial charge on any atom is -0.457 e. The van der Waals surface area contributed by atoms with Crippen LogP contribution in [0.2, 0.25) is 0 Å². The van der Waals surface area contributed by atoms with Crippen LogP contribution in [0.15, 0.2) is 59.6 Å². The van der Waals surface area contributed by atoms with Crippen LogP contribution in [0.3, 0.4) is 0 Å². The molecule has 2 aromatic carbocycles. The van der Waals surface area contributed by atoms with Crippen molar-refractivity contribution in [1.82, 2.24) is 4.90 Å². The molecule has 0 N–H and O–H groups in total. The molecule has 1 aliphatic rings. The molecule has 1 fully saturated rings. The monoisotopic (exact) mass is 322 g/mol. The lowest BCUT2D eigenvalue weighted by Crippen LogP contribution is -2.26. The maximum Gasteiger partial charge on any atom is 0.127 e. The van der Waals surface area contributed by atoms with E-state index in [2.05, 4.69) is 31.0 Å². The Morgan fingerprint density at radius 1 is 0.917 bits per heavy atom. The summed E-state index contributed by atoms with van der Waals surface area (Å²) >= 11 is 0. The van der Waals surface area contributed by atoms with E-state index in [1.807, 2.05) is 42.5 Å². The fraction of sp³-hybridized carbons (Fsp3) is 0.381. The third-order valence-electron chi connectivity index (χ3n) is 4.52. The van der Waals surface area contributed by atoms with E-state index in [4.69, 9.17) is 9.73 Å². The molecule has 3 rings (SSSR count). The Kier molecular flexibility index (Phi) is 5.52. The fourth-order valence-electron chi connectivity index (χ4n) is 3.03. The van der Waals surface area contributed by atoms with Gasteiger partial charge in [-0.05, 0) is 49.6 Å². The van der Waals surface area contributed by atoms with Crippen LogP contribution in [0, 0.1) is 0 Å². The van der Waals surface area contributed by atoms with Crippen molar-refractivity contribution in [3.63, 3.8) is 0 Å². The summed E-state index contributed by atoms with van der Waals surface area (Å²) in [6.45, 7) is 3.29. The highest BCUT2D eigenvalue weighted by molar-refractivity contribution is 5.82. The van der Waals surface area contributed by atoms with Crippen LogP contribution in [-0.2, 0) is 0 Å². The molecule has 0 bridgehead atoms. The van der Waals surface area contributed by atoms with Gasteiger partial charge < -0.3 is 9.64 Å². The molecule has 24 heavy (non-hydrogen) atoms. The number of para-hydroxylation sites is 1. The molecule has 126 valence electrons. The number of rotatable bonds is 4. The predicted octanol–water partition coefficient (Wildman–Crippen LogP) is 5.44. The average molecular weight is 322 g/mol. The van der Waals surface area contributed by atoms with E-state index in [-0.39, 0.29) is 6.04 Å². The number of nitrogens with zero attached hydrogens (tertiary/aromatic N) is 2. The highest BCUT2D eigenvalue weighted by Gasteiger charge is 2.13. The number of benzene rings is 2. The van der Waals surface area contributed by atoms with Crippen molar-refractivity contribution < 1.29 is 4.74 Å². The van der Waals surface area contributed by atoms with Crippen LogP contribution < -0.4 is 4.74 Å². The molecule has 0 amide bonds. The van der Waals surface area contributed by atoms with Gasteiger partial charge in [-0.2, -0.15) is 0 Å². The van der Waals surface area contributed by atoms with E-state index in [1.54, 1.807) is 0 Å². The lowest BCUT2D eigenvalue weighted by atomic mass is 10.1. The van der Waals surface area contributed by atoms with Gasteiger partial charge >= 0.3 is 0 Å². The number of amidine groups is 1. The normalized spacial score (nSPS) is 18.2. The Morgan fingerprint density at radius 3 is 2.38 bits per heavy atom. The molecule has 1 unspecified atom stereocenters. The van der Waals surface area contributed by atoms with Crippen molar-refractivity contribution in [2.24, 2.45) is 4.99 Å². The first-order valence-electron chi connectivity index (χ1n) is 8.83. The molecule has 1 atom stereocenters. The number of aliphatic imine (C=N–C) groups is 1. The number of hydrogen-bond acceptors (Lipinski definition) is 2. The van der Waals surface area contributed by atoms with E-state index in [0.29, 0.717) is 0 Å². The van der Waals surface area contributed by atoms with E-state index >= 15 is 0 Å². The third kappa shape index (κ3) is 4.38. The van der Waals surface area contributed by atoms with Gasteiger partial charge in [-0.3, -0.25) is 4.99 Å². The van der Waals surface area contributed by atoms with Gasteiger partial charge in [-0.25, -0.2) is 0 Å². The largest absolute Gasteiger partial charge is 0.457 e. The van der Waals surface area contributed by atoms with Gasteiger partial charge in [0, 0.05) is 20.0 Å². The van der Waals surface area contributed by atoms with Crippen molar-refractivity contribution in [3.05, 3.63) is 60.2 Å². The lowest BCUT2D eigenvalue weighted by Gasteiger charge is -2.20. The Bertz CT molecular complexity index is 664. The van der Waals surface area contributed by atoms with Gasteiger partial charge in [0.25, 0.3) is 0 Å². The molecule has 3 nitrogen and oxygen atoms in total. The molecule has 0 aromatic heterocycles. The first kappa shape index (κ1) is 16.6. The second-order valence-electron chi connectivity index (χ2n) is 6.44. The summed E-state index contributed by atoms with van der Waals surface area (Å²) in [5.41, 5.74) is 1.22. The van der Waals surface area contributed by atoms with Gasteiger partial charge in [0.15, 0.2) is 0 Å². The summed E-state index contributed by atoms with van der Waals surface area (Å²) < 4.78 is 5.85. The van der Waals surface area contributed by atoms with Crippen molar-refractivity contribution >= 4 is 5.84 Å². The molecule has 1 saturated heterocycles. The smallest absolute Gasteiger partial charge is 0.127 e. The number of hydrogen-bond donors (Lipinski definition) is 0. The number of ether oxygens (including phenoxy) is 1. The topological polar surface area (TPSA) is 24.8 Å². The molecule has 1 heterocycles. The van der Waals surface area contributed by atoms with Crippen LogP contribution in [0.5, 0.6) is 11.5 Å². The lowest BCUT2D eigenvalue weighted by molar-refractivity contribution is 0.482. The van der Waals surface area contributed by atoms with Gasteiger partial charge in [0.05, 0.1) is 11.9 Å². The highest BCUT2D eigenvalue weighted by Crippen LogP contribution is 2.25. The minimum absolute atomic E-state index is 0.173. The molecule has 0 saturated carbocycles. The highest BCUT2D eigenvalue weighted by atomic mass is 16.5. The minimum atomic E-state index is 0.173. The summed E-state index contributed by atoms with van der Waals surface area (Å²) in [6, 6.07) is 18.3. The summed E-state index contributed by atoms with van der Waals surface area (Å²) in [5, 5.41) is 0. The SMILES string of the molecule is CC(N=C1CCCCCN1C)c1ccc(Oc2ccccc2)cc1. The molecule has 0 aliphatic carbocycles. The molecular weight excluding hydrogens is 296 g/mol. The molecule has 2 aromatic rings. The van der Waals surface area contributed by atoms with Crippen molar-refractivity contribution in [2.45, 2.75) is 38.6 Å². The Hall–Kier alpha value is -2.29. The first-order chi connectivity index (χ1) is 11.7. The maximum atomic E-state index is 5.85. The zero-order valence-electron chi connectivity index (χ0n) is 14.6. The molecule has 0 radical (unpaired) electrons. The van der Waals surface area contributed by atoms with Crippen LogP contribution in [0.1, 0.15) is 44.2 Å². The molecular formula is C21H26N2O. The maximum absolute atomic E-state index is 5.85. The Morgan fingerprint density at radius 2 is 1.62 bits per heavy atom. The van der Waals surface area contributed by atoms with E-state index in [1.165, 1.54) is 30.7 Å². The quantitative estimate of drug-likeness (QED) is 0.748. The van der Waals surface area contributed by atoms with Crippen LogP contribution >= 0.6 is 0 Å². The second-order valence-corrected chi connectivity index (χ2v) is 6.44. The zero-order chi connectivity index (χ0) is 16.8. The standard InChI is InChI=1S/C21H26N2O/c1-17(22-21-11-7-4-8-16-23(21)2)18-12-14-20(15-13-18)24-19-9-5-3-6-10-19/h3,5-6,9-10,12-15,17H,4,7-8,11,16H2,1-2H3. The van der Waals surface area contributed by atoms with Crippen LogP contribution in [0.25, 0.3) is 0 Å². The predicted molar refractivity (Wildman–Crippen MR) is 99.9 cm³/mol. The van der Waals surface area contributed by atoms with Crippen molar-refractivity contribution in [3.8, 4) is 11.5 Å². The summed E-state index contributed by atoms with van der Waals surface area (Å²) in [7, 11) is 2.16. The third-order valence-corrected chi connectivity index (χ3v) is 4.52. The molecule has 3 heteroatoms. The first-order valence-corrected chi connectivity index (χ1v) is 8.83. The Labute approximate surface area is 145 Å². The average Bonchev–Trinajstić information content (AvgIpc) is 2.81. The summed E-state index contributed by atoms with van der Waals surface area (Å²) in [5.74, 6) is 2.96. The Balaban J connectivity index is 1.68. The summed E-state index contributed by atoms with van der Waals surface area (Å²) in [4.78, 5) is 7.28. The van der Waals surface area contributed by atoms with Gasteiger partial charge in [0.1, 0.15) is 11.5 Å². The van der Waals surface area contributed by atoms with Crippen LogP contribution in [-0.4, -0.2) is 24.3 Å². The second kappa shape index (κ2) is 8.00. The van der Waals surface area contributed by atoms with Gasteiger partial charge in [0.2, 0.25) is 0 Å². The van der Waals surface area contributed by atoms with Crippen molar-refractivity contribution in [1.29, 1.82) is 0 Å². The fourth-order valence-corrected chi connectivity index (χ4v) is 3.03. The molecule has 1 aliphatic heterocycles. The molecule has 0 spiro atoms. The van der Waals surface area contributed by atoms with Gasteiger partial charge in [-0.1, -0.05) is 36.8 Å². The van der Waals surface area contributed by atoms with Gasteiger partial charge in [-0.15, -0.1) is 0 Å². The van der Waals surface area contributed by atoms with E-state index < -0.39 is 0 Å². The van der Waals surface area contributed by atoms with E-state index in [9.17, 15) is 0 Å². The van der Waals surface area contributed by atoms with Crippen molar-refractivity contribution in [2.75, 3.05) is 13.6 Å². The number of likely N-dealkylation sites (tertiary alicyclic amines) is 1. The van der Waals surface area contributed by atoms with Crippen LogP contribution in [0.4, 0.5) is 0 Å².